The van der Waals surface area contributed by atoms with Crippen LogP contribution in [0.4, 0.5) is 5.69 Å². The van der Waals surface area contributed by atoms with Crippen molar-refractivity contribution in [3.63, 3.8) is 0 Å². The van der Waals surface area contributed by atoms with Gasteiger partial charge in [-0.1, -0.05) is 11.6 Å². The number of nitrogens with one attached hydrogen (secondary N) is 1. The van der Waals surface area contributed by atoms with Crippen LogP contribution < -0.4 is 25.3 Å². The molecule has 9 nitrogen and oxygen atoms in total. The molecule has 3 N–H and O–H groups in total. The van der Waals surface area contributed by atoms with Crippen LogP contribution in [0.2, 0.25) is 0 Å². The number of hydrazone groups is 1. The van der Waals surface area contributed by atoms with Crippen LogP contribution in [0.15, 0.2) is 77.9 Å². The highest BCUT2D eigenvalue weighted by Gasteiger charge is 2.35. The molecule has 0 fully saturated rings. The summed E-state index contributed by atoms with van der Waals surface area (Å²) in [6, 6.07) is 23.0. The minimum atomic E-state index is -0.602. The number of rotatable bonds is 10. The Morgan fingerprint density at radius 2 is 1.68 bits per heavy atom. The van der Waals surface area contributed by atoms with Gasteiger partial charge in [0.1, 0.15) is 17.0 Å². The third-order valence-electron chi connectivity index (χ3n) is 6.90. The number of nitrogens with two attached hydrogens (primary N) is 1. The van der Waals surface area contributed by atoms with Crippen LogP contribution in [0.25, 0.3) is 10.9 Å². The van der Waals surface area contributed by atoms with Crippen LogP contribution in [-0.2, 0) is 4.79 Å². The van der Waals surface area contributed by atoms with Gasteiger partial charge in [0.15, 0.2) is 0 Å². The van der Waals surface area contributed by atoms with Gasteiger partial charge in [0.25, 0.3) is 0 Å². The van der Waals surface area contributed by atoms with Crippen molar-refractivity contribution in [2.24, 2.45) is 10.8 Å². The average Bonchev–Trinajstić information content (AvgIpc) is 3.45. The van der Waals surface area contributed by atoms with Crippen molar-refractivity contribution >= 4 is 40.0 Å². The number of ether oxygens (including phenoxy) is 3. The van der Waals surface area contributed by atoms with Gasteiger partial charge in [0, 0.05) is 23.1 Å². The largest absolute Gasteiger partial charge is 0.497 e. The van der Waals surface area contributed by atoms with E-state index in [1.54, 1.807) is 45.6 Å². The fraction of sp³-hybridized carbons (Fsp3) is 0.258. The monoisotopic (exact) mass is 571 g/mol. The predicted molar refractivity (Wildman–Crippen MR) is 164 cm³/mol. The summed E-state index contributed by atoms with van der Waals surface area (Å²) < 4.78 is 16.3. The average molecular weight is 572 g/mol. The summed E-state index contributed by atoms with van der Waals surface area (Å²) in [5, 5.41) is 10.7. The first kappa shape index (κ1) is 28.3. The summed E-state index contributed by atoms with van der Waals surface area (Å²) in [4.78, 5) is 17.5. The zero-order valence-electron chi connectivity index (χ0n) is 23.5. The van der Waals surface area contributed by atoms with Crippen LogP contribution >= 0.6 is 11.8 Å². The second kappa shape index (κ2) is 12.5. The Morgan fingerprint density at radius 1 is 1.00 bits per heavy atom. The van der Waals surface area contributed by atoms with E-state index in [0.717, 1.165) is 44.8 Å². The molecule has 0 aliphatic carbocycles. The minimum absolute atomic E-state index is 0.149. The Hall–Kier alpha value is -4.28. The summed E-state index contributed by atoms with van der Waals surface area (Å²) in [6.07, 6.45) is 0.591. The number of pyridine rings is 1. The Balaban J connectivity index is 1.41. The SMILES string of the molecule is COc1ccc(NC(=O)CSC(N)N2N=C(c3ccc(OC)cc3)CC2c2cc3cc(C)ccc3nc2OC)cc1. The van der Waals surface area contributed by atoms with Crippen molar-refractivity contribution in [2.45, 2.75) is 24.9 Å². The standard InChI is InChI=1S/C31H33N5O4S/c1-19-5-14-26-21(15-19)16-25(30(34-26)40-4)28-17-27(20-6-10-23(38-2)11-7-20)35-36(28)31(32)41-18-29(37)33-22-8-12-24(39-3)13-9-22/h5-16,28,31H,17-18,32H2,1-4H3,(H,33,37). The number of carbonyl (C=O) groups is 1. The number of aromatic nitrogens is 1. The molecule has 2 heterocycles. The number of aryl methyl sites for hydroxylation is 1. The molecule has 0 saturated heterocycles. The highest BCUT2D eigenvalue weighted by molar-refractivity contribution is 8.00. The zero-order chi connectivity index (χ0) is 28.9. The van der Waals surface area contributed by atoms with Crippen molar-refractivity contribution in [2.75, 3.05) is 32.4 Å². The fourth-order valence-electron chi connectivity index (χ4n) is 4.78. The van der Waals surface area contributed by atoms with Gasteiger partial charge < -0.3 is 25.3 Å². The van der Waals surface area contributed by atoms with E-state index < -0.39 is 5.50 Å². The van der Waals surface area contributed by atoms with Gasteiger partial charge in [0.05, 0.1) is 44.4 Å². The molecule has 2 unspecified atom stereocenters. The van der Waals surface area contributed by atoms with Crippen LogP contribution in [0.1, 0.15) is 29.2 Å². The van der Waals surface area contributed by atoms with Crippen LogP contribution in [-0.4, -0.2) is 54.2 Å². The number of anilines is 1. The molecule has 3 aromatic carbocycles. The lowest BCUT2D eigenvalue weighted by Crippen LogP contribution is -2.37. The second-order valence-corrected chi connectivity index (χ2v) is 10.7. The number of hydrogen-bond acceptors (Lipinski definition) is 9. The molecule has 2 atom stereocenters. The van der Waals surface area contributed by atoms with Crippen molar-refractivity contribution in [1.29, 1.82) is 0 Å². The molecule has 4 aromatic rings. The highest BCUT2D eigenvalue weighted by atomic mass is 32.2. The molecule has 1 aromatic heterocycles. The summed E-state index contributed by atoms with van der Waals surface area (Å²) >= 11 is 1.31. The minimum Gasteiger partial charge on any atom is -0.497 e. The maximum atomic E-state index is 12.7. The number of nitrogens with zero attached hydrogens (tertiary/aromatic N) is 3. The molecular formula is C31H33N5O4S. The Morgan fingerprint density at radius 3 is 2.34 bits per heavy atom. The van der Waals surface area contributed by atoms with Gasteiger partial charge in [-0.25, -0.2) is 4.98 Å². The Labute approximate surface area is 243 Å². The van der Waals surface area contributed by atoms with Crippen LogP contribution in [0, 0.1) is 6.92 Å². The maximum absolute atomic E-state index is 12.7. The first-order valence-electron chi connectivity index (χ1n) is 13.1. The third kappa shape index (κ3) is 6.39. The molecule has 0 saturated carbocycles. The number of thioether (sulfide) groups is 1. The Kier molecular flexibility index (Phi) is 8.61. The number of benzene rings is 3. The number of fused-ring (bicyclic) bond motifs is 1. The molecular weight excluding hydrogens is 538 g/mol. The molecule has 5 rings (SSSR count). The number of hydrogen-bond donors (Lipinski definition) is 2. The van der Waals surface area contributed by atoms with Gasteiger partial charge in [-0.2, -0.15) is 5.10 Å². The predicted octanol–water partition coefficient (Wildman–Crippen LogP) is 5.33. The van der Waals surface area contributed by atoms with Gasteiger partial charge in [-0.15, -0.1) is 11.8 Å². The fourth-order valence-corrected chi connectivity index (χ4v) is 5.52. The van der Waals surface area contributed by atoms with Gasteiger partial charge in [-0.3, -0.25) is 9.80 Å². The summed E-state index contributed by atoms with van der Waals surface area (Å²) in [5.74, 6) is 2.00. The van der Waals surface area contributed by atoms with Gasteiger partial charge >= 0.3 is 0 Å². The quantitative estimate of drug-likeness (QED) is 0.246. The van der Waals surface area contributed by atoms with E-state index in [4.69, 9.17) is 30.0 Å². The first-order valence-corrected chi connectivity index (χ1v) is 14.2. The summed E-state index contributed by atoms with van der Waals surface area (Å²) in [6.45, 7) is 2.06. The van der Waals surface area contributed by atoms with E-state index in [9.17, 15) is 4.79 Å². The van der Waals surface area contributed by atoms with Crippen molar-refractivity contribution in [1.82, 2.24) is 9.99 Å². The second-order valence-electron chi connectivity index (χ2n) is 9.64. The van der Waals surface area contributed by atoms with E-state index in [1.807, 2.05) is 41.4 Å². The molecule has 10 heteroatoms. The van der Waals surface area contributed by atoms with Crippen LogP contribution in [0.3, 0.4) is 0 Å². The lowest BCUT2D eigenvalue weighted by atomic mass is 9.97. The van der Waals surface area contributed by atoms with Crippen molar-refractivity contribution < 1.29 is 19.0 Å². The number of carbonyl (C=O) groups excluding carboxylic acids is 1. The Bertz CT molecular complexity index is 1560. The molecule has 0 radical (unpaired) electrons. The topological polar surface area (TPSA) is 111 Å². The molecule has 0 bridgehead atoms. The molecule has 1 amide bonds. The number of amides is 1. The lowest BCUT2D eigenvalue weighted by Gasteiger charge is -2.29. The van der Waals surface area contributed by atoms with E-state index in [-0.39, 0.29) is 17.7 Å². The van der Waals surface area contributed by atoms with E-state index in [2.05, 4.69) is 24.4 Å². The van der Waals surface area contributed by atoms with Crippen LogP contribution in [0.5, 0.6) is 17.4 Å². The summed E-state index contributed by atoms with van der Waals surface area (Å²) in [5.41, 5.74) is 11.5. The maximum Gasteiger partial charge on any atom is 0.234 e. The first-order chi connectivity index (χ1) is 19.9. The van der Waals surface area contributed by atoms with E-state index in [1.165, 1.54) is 11.8 Å². The zero-order valence-corrected chi connectivity index (χ0v) is 24.3. The lowest BCUT2D eigenvalue weighted by molar-refractivity contribution is -0.113. The molecule has 212 valence electrons. The van der Waals surface area contributed by atoms with E-state index >= 15 is 0 Å². The molecule has 0 spiro atoms. The van der Waals surface area contributed by atoms with Gasteiger partial charge in [-0.05, 0) is 79.2 Å². The smallest absolute Gasteiger partial charge is 0.234 e. The van der Waals surface area contributed by atoms with Crippen molar-refractivity contribution in [3.05, 3.63) is 89.5 Å². The summed E-state index contributed by atoms with van der Waals surface area (Å²) in [7, 11) is 4.86. The third-order valence-corrected chi connectivity index (χ3v) is 7.89. The molecule has 41 heavy (non-hydrogen) atoms. The normalized spacial score (nSPS) is 15.4. The number of methoxy groups -OCH3 is 3. The van der Waals surface area contributed by atoms with E-state index in [0.29, 0.717) is 18.0 Å². The molecule has 1 aliphatic heterocycles. The molecule has 1 aliphatic rings. The highest BCUT2D eigenvalue weighted by Crippen LogP contribution is 2.40. The van der Waals surface area contributed by atoms with Crippen molar-refractivity contribution in [3.8, 4) is 17.4 Å². The van der Waals surface area contributed by atoms with Gasteiger partial charge in [0.2, 0.25) is 11.8 Å².